The van der Waals surface area contributed by atoms with E-state index in [4.69, 9.17) is 9.94 Å². The molecule has 7 nitrogen and oxygen atoms in total. The summed E-state index contributed by atoms with van der Waals surface area (Å²) in [6, 6.07) is 8.21. The van der Waals surface area contributed by atoms with Crippen LogP contribution in [-0.4, -0.2) is 45.1 Å². The molecule has 0 saturated heterocycles. The maximum absolute atomic E-state index is 12.4. The second-order valence-electron chi connectivity index (χ2n) is 6.40. The van der Waals surface area contributed by atoms with Gasteiger partial charge in [0.25, 0.3) is 5.91 Å². The Labute approximate surface area is 139 Å². The number of hydrogen-bond acceptors (Lipinski definition) is 6. The highest BCUT2D eigenvalue weighted by Crippen LogP contribution is 2.28. The third-order valence-electron chi connectivity index (χ3n) is 3.40. The number of carbonyl (C=O) groups excluding carboxylic acids is 2. The van der Waals surface area contributed by atoms with E-state index in [9.17, 15) is 14.7 Å². The smallest absolute Gasteiger partial charge is 0.418 e. The van der Waals surface area contributed by atoms with E-state index >= 15 is 0 Å². The highest BCUT2D eigenvalue weighted by atomic mass is 16.6. The lowest BCUT2D eigenvalue weighted by atomic mass is 10.0. The molecule has 1 aromatic rings. The second kappa shape index (κ2) is 6.74. The summed E-state index contributed by atoms with van der Waals surface area (Å²) < 4.78 is 5.26. The number of aliphatic hydroxyl groups is 1. The number of amides is 2. The van der Waals surface area contributed by atoms with E-state index in [0.717, 1.165) is 16.7 Å². The van der Waals surface area contributed by atoms with Gasteiger partial charge in [-0.3, -0.25) is 4.79 Å². The molecule has 0 saturated carbocycles. The van der Waals surface area contributed by atoms with E-state index in [0.29, 0.717) is 0 Å². The molecule has 2 N–H and O–H groups in total. The van der Waals surface area contributed by atoms with Crippen molar-refractivity contribution < 1.29 is 24.6 Å². The van der Waals surface area contributed by atoms with Crippen LogP contribution in [0.1, 0.15) is 26.3 Å². The van der Waals surface area contributed by atoms with Crippen LogP contribution >= 0.6 is 0 Å². The Morgan fingerprint density at radius 3 is 2.50 bits per heavy atom. The van der Waals surface area contributed by atoms with Gasteiger partial charge in [-0.1, -0.05) is 35.5 Å². The van der Waals surface area contributed by atoms with E-state index < -0.39 is 23.6 Å². The lowest BCUT2D eigenvalue weighted by Gasteiger charge is -2.27. The van der Waals surface area contributed by atoms with Gasteiger partial charge < -0.3 is 15.1 Å². The summed E-state index contributed by atoms with van der Waals surface area (Å²) in [5, 5.41) is 21.8. The normalized spacial score (nSPS) is 18.5. The zero-order valence-corrected chi connectivity index (χ0v) is 13.8. The molecule has 0 spiro atoms. The van der Waals surface area contributed by atoms with Crippen LogP contribution in [0.4, 0.5) is 4.79 Å². The summed E-state index contributed by atoms with van der Waals surface area (Å²) in [6.45, 7) is 5.04. The zero-order valence-electron chi connectivity index (χ0n) is 13.8. The molecular weight excluding hydrogens is 312 g/mol. The van der Waals surface area contributed by atoms with Crippen LogP contribution in [0.25, 0.3) is 0 Å². The Balaban J connectivity index is 2.36. The molecule has 1 aromatic carbocycles. The van der Waals surface area contributed by atoms with Crippen molar-refractivity contribution in [3.8, 4) is 0 Å². The van der Waals surface area contributed by atoms with Crippen LogP contribution in [0.15, 0.2) is 46.8 Å². The maximum atomic E-state index is 12.4. The molecule has 1 atom stereocenters. The van der Waals surface area contributed by atoms with Gasteiger partial charge in [-0.2, -0.15) is 0 Å². The predicted molar refractivity (Wildman–Crippen MR) is 86.9 cm³/mol. The van der Waals surface area contributed by atoms with Gasteiger partial charge in [0.05, 0.1) is 6.21 Å². The molecule has 128 valence electrons. The highest BCUT2D eigenvalue weighted by Gasteiger charge is 2.44. The SMILES string of the molecule is CC(C)(C)OC(=O)N1C(=O)C(/C=N\O)=C(O)[C@@H]1Cc1ccccc1. The standard InChI is InChI=1S/C17H20N2O5/c1-17(2,3)24-16(22)19-13(9-11-7-5-4-6-8-11)14(20)12(10-18-23)15(19)21/h4-8,10,13,20,23H,9H2,1-3H3/b18-10-/t13-/m0/s1. The summed E-state index contributed by atoms with van der Waals surface area (Å²) in [5.41, 5.74) is -0.195. The zero-order chi connectivity index (χ0) is 17.9. The molecule has 0 unspecified atom stereocenters. The number of hydrogen-bond donors (Lipinski definition) is 2. The van der Waals surface area contributed by atoms with Crippen molar-refractivity contribution >= 4 is 18.2 Å². The van der Waals surface area contributed by atoms with Gasteiger partial charge in [0, 0.05) is 6.42 Å². The van der Waals surface area contributed by atoms with Crippen LogP contribution in [0.5, 0.6) is 0 Å². The van der Waals surface area contributed by atoms with Crippen molar-refractivity contribution in [1.29, 1.82) is 0 Å². The first kappa shape index (κ1) is 17.5. The quantitative estimate of drug-likeness (QED) is 0.503. The lowest BCUT2D eigenvalue weighted by molar-refractivity contribution is -0.125. The molecule has 1 aliphatic rings. The fourth-order valence-electron chi connectivity index (χ4n) is 2.41. The Morgan fingerprint density at radius 1 is 1.33 bits per heavy atom. The van der Waals surface area contributed by atoms with E-state index in [-0.39, 0.29) is 17.8 Å². The van der Waals surface area contributed by atoms with Crippen molar-refractivity contribution in [2.45, 2.75) is 38.8 Å². The molecule has 0 bridgehead atoms. The van der Waals surface area contributed by atoms with Gasteiger partial charge in [0.15, 0.2) is 0 Å². The van der Waals surface area contributed by atoms with Crippen molar-refractivity contribution in [1.82, 2.24) is 4.90 Å². The monoisotopic (exact) mass is 332 g/mol. The number of carbonyl (C=O) groups is 2. The first-order chi connectivity index (χ1) is 11.2. The van der Waals surface area contributed by atoms with E-state index in [2.05, 4.69) is 5.16 Å². The average molecular weight is 332 g/mol. The van der Waals surface area contributed by atoms with E-state index in [1.54, 1.807) is 20.8 Å². The van der Waals surface area contributed by atoms with Crippen molar-refractivity contribution in [2.75, 3.05) is 0 Å². The third kappa shape index (κ3) is 3.73. The minimum absolute atomic E-state index is 0.223. The van der Waals surface area contributed by atoms with Crippen LogP contribution < -0.4 is 0 Å². The number of nitrogens with zero attached hydrogens (tertiary/aromatic N) is 2. The van der Waals surface area contributed by atoms with E-state index in [1.165, 1.54) is 0 Å². The molecule has 0 aromatic heterocycles. The Hall–Kier alpha value is -2.83. The molecule has 2 rings (SSSR count). The number of imide groups is 1. The molecule has 0 radical (unpaired) electrons. The number of benzene rings is 1. The molecule has 0 aliphatic carbocycles. The minimum atomic E-state index is -0.914. The van der Waals surface area contributed by atoms with Gasteiger partial charge in [-0.05, 0) is 26.3 Å². The Kier molecular flexibility index (Phi) is 4.92. The maximum Gasteiger partial charge on any atom is 0.418 e. The fraction of sp³-hybridized carbons (Fsp3) is 0.353. The molecule has 0 fully saturated rings. The summed E-state index contributed by atoms with van der Waals surface area (Å²) in [7, 11) is 0. The molecule has 24 heavy (non-hydrogen) atoms. The van der Waals surface area contributed by atoms with Crippen LogP contribution in [-0.2, 0) is 16.0 Å². The van der Waals surface area contributed by atoms with E-state index in [1.807, 2.05) is 30.3 Å². The first-order valence-corrected chi connectivity index (χ1v) is 7.45. The number of ether oxygens (including phenoxy) is 1. The topological polar surface area (TPSA) is 99.4 Å². The van der Waals surface area contributed by atoms with Crippen molar-refractivity contribution in [2.24, 2.45) is 5.16 Å². The van der Waals surface area contributed by atoms with Gasteiger partial charge in [-0.25, -0.2) is 9.69 Å². The molecule has 1 heterocycles. The summed E-state index contributed by atoms with van der Waals surface area (Å²) in [6.07, 6.45) is 0.182. The molecule has 1 aliphatic heterocycles. The second-order valence-corrected chi connectivity index (χ2v) is 6.40. The van der Waals surface area contributed by atoms with Crippen LogP contribution in [0.2, 0.25) is 0 Å². The molecule has 7 heteroatoms. The van der Waals surface area contributed by atoms with Crippen LogP contribution in [0.3, 0.4) is 0 Å². The molecule has 2 amide bonds. The predicted octanol–water partition coefficient (Wildman–Crippen LogP) is 2.65. The fourth-order valence-corrected chi connectivity index (χ4v) is 2.41. The summed E-state index contributed by atoms with van der Waals surface area (Å²) in [4.78, 5) is 25.7. The van der Waals surface area contributed by atoms with Gasteiger partial charge in [0.2, 0.25) is 0 Å². The largest absolute Gasteiger partial charge is 0.509 e. The molecular formula is C17H20N2O5. The third-order valence-corrected chi connectivity index (χ3v) is 3.40. The Bertz CT molecular complexity index is 689. The van der Waals surface area contributed by atoms with Gasteiger partial charge in [0.1, 0.15) is 23.0 Å². The average Bonchev–Trinajstić information content (AvgIpc) is 2.72. The first-order valence-electron chi connectivity index (χ1n) is 7.45. The lowest BCUT2D eigenvalue weighted by Crippen LogP contribution is -2.45. The number of aliphatic hydroxyl groups excluding tert-OH is 1. The highest BCUT2D eigenvalue weighted by molar-refractivity contribution is 6.18. The van der Waals surface area contributed by atoms with Gasteiger partial charge >= 0.3 is 6.09 Å². The van der Waals surface area contributed by atoms with Crippen molar-refractivity contribution in [3.05, 3.63) is 47.2 Å². The summed E-state index contributed by atoms with van der Waals surface area (Å²) >= 11 is 0. The van der Waals surface area contributed by atoms with Crippen molar-refractivity contribution in [3.63, 3.8) is 0 Å². The summed E-state index contributed by atoms with van der Waals surface area (Å²) in [5.74, 6) is -1.09. The Morgan fingerprint density at radius 2 is 1.96 bits per heavy atom. The number of oxime groups is 1. The van der Waals surface area contributed by atoms with Crippen LogP contribution in [0, 0.1) is 0 Å². The van der Waals surface area contributed by atoms with Gasteiger partial charge in [-0.15, -0.1) is 0 Å². The minimum Gasteiger partial charge on any atom is -0.509 e. The number of rotatable bonds is 3.